The summed E-state index contributed by atoms with van der Waals surface area (Å²) in [5, 5.41) is 4.42. The summed E-state index contributed by atoms with van der Waals surface area (Å²) in [6.07, 6.45) is -0.0331. The Morgan fingerprint density at radius 1 is 1.23 bits per heavy atom. The van der Waals surface area contributed by atoms with E-state index < -0.39 is 35.6 Å². The maximum absolute atomic E-state index is 13.6. The molecule has 0 aliphatic carbocycles. The van der Waals surface area contributed by atoms with Crippen LogP contribution in [0.25, 0.3) is 0 Å². The molecule has 2 rings (SSSR count). The third-order valence-electron chi connectivity index (χ3n) is 3.98. The van der Waals surface area contributed by atoms with Gasteiger partial charge < -0.3 is 4.74 Å². The van der Waals surface area contributed by atoms with E-state index in [9.17, 15) is 18.4 Å². The lowest BCUT2D eigenvalue weighted by molar-refractivity contribution is -0.141. The van der Waals surface area contributed by atoms with Gasteiger partial charge in [0, 0.05) is 17.8 Å². The number of halogens is 2. The Labute approximate surface area is 151 Å². The van der Waals surface area contributed by atoms with E-state index in [2.05, 4.69) is 18.9 Å². The molecule has 140 valence electrons. The molecule has 2 aromatic rings. The highest BCUT2D eigenvalue weighted by Gasteiger charge is 2.19. The van der Waals surface area contributed by atoms with Crippen molar-refractivity contribution < 1.29 is 23.1 Å². The van der Waals surface area contributed by atoms with Gasteiger partial charge in [-0.3, -0.25) is 14.3 Å². The molecule has 0 amide bonds. The summed E-state index contributed by atoms with van der Waals surface area (Å²) in [4.78, 5) is 24.0. The fourth-order valence-corrected chi connectivity index (χ4v) is 2.64. The number of aryl methyl sites for hydroxylation is 1. The number of benzene rings is 1. The van der Waals surface area contributed by atoms with Crippen LogP contribution in [0.1, 0.15) is 41.2 Å². The molecule has 5 nitrogen and oxygen atoms in total. The second-order valence-corrected chi connectivity index (χ2v) is 6.61. The second-order valence-electron chi connectivity index (χ2n) is 6.61. The monoisotopic (exact) mass is 364 g/mol. The van der Waals surface area contributed by atoms with E-state index in [-0.39, 0.29) is 6.42 Å². The molecule has 0 N–H and O–H groups in total. The Balaban J connectivity index is 2.00. The zero-order valence-electron chi connectivity index (χ0n) is 15.3. The Morgan fingerprint density at radius 3 is 2.58 bits per heavy atom. The van der Waals surface area contributed by atoms with Gasteiger partial charge in [-0.05, 0) is 38.0 Å². The second kappa shape index (κ2) is 8.21. The van der Waals surface area contributed by atoms with Crippen LogP contribution in [0.3, 0.4) is 0 Å². The molecule has 0 aliphatic heterocycles. The zero-order chi connectivity index (χ0) is 19.4. The molecular weight excluding hydrogens is 342 g/mol. The molecule has 7 heteroatoms. The summed E-state index contributed by atoms with van der Waals surface area (Å²) in [6.45, 7) is 7.91. The number of ether oxygens (including phenoxy) is 1. The maximum Gasteiger partial charge on any atom is 0.310 e. The van der Waals surface area contributed by atoms with E-state index in [0.29, 0.717) is 5.92 Å². The minimum atomic E-state index is -0.853. The van der Waals surface area contributed by atoms with Gasteiger partial charge in [-0.25, -0.2) is 8.78 Å². The van der Waals surface area contributed by atoms with Crippen molar-refractivity contribution in [2.75, 3.05) is 6.61 Å². The van der Waals surface area contributed by atoms with E-state index in [1.807, 2.05) is 11.6 Å². The first-order chi connectivity index (χ1) is 12.2. The van der Waals surface area contributed by atoms with Crippen LogP contribution < -0.4 is 0 Å². The molecule has 0 saturated heterocycles. The van der Waals surface area contributed by atoms with E-state index in [4.69, 9.17) is 4.74 Å². The quantitative estimate of drug-likeness (QED) is 0.558. The number of carbonyl (C=O) groups excluding carboxylic acids is 2. The number of rotatable bonds is 7. The Morgan fingerprint density at radius 2 is 1.92 bits per heavy atom. The van der Waals surface area contributed by atoms with E-state index in [1.165, 1.54) is 0 Å². The molecular formula is C19H22F2N2O3. The van der Waals surface area contributed by atoms with Gasteiger partial charge in [-0.1, -0.05) is 13.8 Å². The molecule has 0 bridgehead atoms. The molecule has 0 atom stereocenters. The highest BCUT2D eigenvalue weighted by atomic mass is 19.1. The zero-order valence-corrected chi connectivity index (χ0v) is 15.3. The summed E-state index contributed by atoms with van der Waals surface area (Å²) < 4.78 is 33.5. The number of nitrogens with zero attached hydrogens (tertiary/aromatic N) is 2. The lowest BCUT2D eigenvalue weighted by atomic mass is 10.1. The third-order valence-corrected chi connectivity index (χ3v) is 3.98. The van der Waals surface area contributed by atoms with Crippen LogP contribution >= 0.6 is 0 Å². The SMILES string of the molecule is Cc1nn(CC(C)C)c(C)c1CC(=O)OCC(=O)c1cc(F)ccc1F. The van der Waals surface area contributed by atoms with Crippen molar-refractivity contribution in [1.82, 2.24) is 9.78 Å². The van der Waals surface area contributed by atoms with Crippen LogP contribution in [-0.4, -0.2) is 28.1 Å². The number of aromatic nitrogens is 2. The number of Topliss-reactive ketones (excluding diaryl/α,β-unsaturated/α-hetero) is 1. The lowest BCUT2D eigenvalue weighted by Gasteiger charge is -2.08. The summed E-state index contributed by atoms with van der Waals surface area (Å²) >= 11 is 0. The van der Waals surface area contributed by atoms with Gasteiger partial charge in [0.1, 0.15) is 11.6 Å². The lowest BCUT2D eigenvalue weighted by Crippen LogP contribution is -2.17. The Hall–Kier alpha value is -2.57. The minimum Gasteiger partial charge on any atom is -0.457 e. The standard InChI is InChI=1S/C19H22F2N2O3/c1-11(2)9-23-13(4)15(12(3)22-23)8-19(25)26-10-18(24)16-7-14(20)5-6-17(16)21/h5-7,11H,8-10H2,1-4H3. The highest BCUT2D eigenvalue weighted by Crippen LogP contribution is 2.16. The molecule has 0 radical (unpaired) electrons. The van der Waals surface area contributed by atoms with Crippen molar-refractivity contribution in [2.45, 2.75) is 40.7 Å². The fourth-order valence-electron chi connectivity index (χ4n) is 2.64. The van der Waals surface area contributed by atoms with Crippen LogP contribution in [-0.2, 0) is 22.5 Å². The molecule has 1 aromatic heterocycles. The average Bonchev–Trinajstić information content (AvgIpc) is 2.81. The van der Waals surface area contributed by atoms with Crippen LogP contribution in [0.15, 0.2) is 18.2 Å². The van der Waals surface area contributed by atoms with Gasteiger partial charge in [0.05, 0.1) is 17.7 Å². The third kappa shape index (κ3) is 4.74. The average molecular weight is 364 g/mol. The normalized spacial score (nSPS) is 11.0. The number of ketones is 1. The smallest absolute Gasteiger partial charge is 0.310 e. The van der Waals surface area contributed by atoms with Crippen molar-refractivity contribution in [3.63, 3.8) is 0 Å². The number of carbonyl (C=O) groups is 2. The summed E-state index contributed by atoms with van der Waals surface area (Å²) in [7, 11) is 0. The van der Waals surface area contributed by atoms with E-state index >= 15 is 0 Å². The van der Waals surface area contributed by atoms with E-state index in [1.54, 1.807) is 6.92 Å². The van der Waals surface area contributed by atoms with Gasteiger partial charge in [0.15, 0.2) is 6.61 Å². The predicted molar refractivity (Wildman–Crippen MR) is 91.9 cm³/mol. The predicted octanol–water partition coefficient (Wildman–Crippen LogP) is 3.40. The first-order valence-corrected chi connectivity index (χ1v) is 8.35. The van der Waals surface area contributed by atoms with Crippen molar-refractivity contribution >= 4 is 11.8 Å². The largest absolute Gasteiger partial charge is 0.457 e. The van der Waals surface area contributed by atoms with Gasteiger partial charge in [-0.2, -0.15) is 5.10 Å². The van der Waals surface area contributed by atoms with Gasteiger partial charge in [0.2, 0.25) is 5.78 Å². The van der Waals surface area contributed by atoms with Crippen molar-refractivity contribution in [3.8, 4) is 0 Å². The molecule has 0 unspecified atom stereocenters. The first-order valence-electron chi connectivity index (χ1n) is 8.35. The Kier molecular flexibility index (Phi) is 6.23. The molecule has 0 aliphatic rings. The topological polar surface area (TPSA) is 61.2 Å². The molecule has 0 spiro atoms. The van der Waals surface area contributed by atoms with Gasteiger partial charge >= 0.3 is 5.97 Å². The van der Waals surface area contributed by atoms with Crippen molar-refractivity contribution in [2.24, 2.45) is 5.92 Å². The van der Waals surface area contributed by atoms with Crippen LogP contribution in [0.2, 0.25) is 0 Å². The summed E-state index contributed by atoms with van der Waals surface area (Å²) in [6, 6.07) is 2.56. The van der Waals surface area contributed by atoms with Gasteiger partial charge in [0.25, 0.3) is 0 Å². The fraction of sp³-hybridized carbons (Fsp3) is 0.421. The highest BCUT2D eigenvalue weighted by molar-refractivity contribution is 5.98. The minimum absolute atomic E-state index is 0.0331. The summed E-state index contributed by atoms with van der Waals surface area (Å²) in [5.74, 6) is -2.59. The van der Waals surface area contributed by atoms with Crippen LogP contribution in [0.4, 0.5) is 8.78 Å². The van der Waals surface area contributed by atoms with E-state index in [0.717, 1.165) is 41.7 Å². The molecule has 0 saturated carbocycles. The molecule has 1 heterocycles. The summed E-state index contributed by atoms with van der Waals surface area (Å²) in [5.41, 5.74) is 1.91. The molecule has 26 heavy (non-hydrogen) atoms. The van der Waals surface area contributed by atoms with Crippen molar-refractivity contribution in [1.29, 1.82) is 0 Å². The Bertz CT molecular complexity index is 828. The maximum atomic E-state index is 13.6. The molecule has 1 aromatic carbocycles. The van der Waals surface area contributed by atoms with Gasteiger partial charge in [-0.15, -0.1) is 0 Å². The number of hydrogen-bond acceptors (Lipinski definition) is 4. The molecule has 0 fully saturated rings. The first kappa shape index (κ1) is 19.8. The van der Waals surface area contributed by atoms with Crippen LogP contribution in [0.5, 0.6) is 0 Å². The van der Waals surface area contributed by atoms with Crippen LogP contribution in [0, 0.1) is 31.4 Å². The van der Waals surface area contributed by atoms with Crippen molar-refractivity contribution in [3.05, 3.63) is 52.3 Å². The number of hydrogen-bond donors (Lipinski definition) is 0. The number of esters is 1.